The molecule has 2 aromatic rings. The van der Waals surface area contributed by atoms with Crippen LogP contribution in [0.3, 0.4) is 0 Å². The van der Waals surface area contributed by atoms with Crippen LogP contribution in [0.5, 0.6) is 11.5 Å². The van der Waals surface area contributed by atoms with Crippen molar-refractivity contribution < 1.29 is 19.1 Å². The molecule has 1 atom stereocenters. The molecular formula is C28H35NO4. The first kappa shape index (κ1) is 23.3. The van der Waals surface area contributed by atoms with E-state index in [0.29, 0.717) is 23.2 Å². The molecule has 5 heteroatoms. The Kier molecular flexibility index (Phi) is 7.36. The third-order valence-electron chi connectivity index (χ3n) is 7.51. The maximum Gasteiger partial charge on any atom is 0.227 e. The molecule has 2 aliphatic carbocycles. The number of carbonyl (C=O) groups is 2. The molecule has 1 fully saturated rings. The summed E-state index contributed by atoms with van der Waals surface area (Å²) in [4.78, 5) is 26.1. The Morgan fingerprint density at radius 3 is 2.48 bits per heavy atom. The predicted octanol–water partition coefficient (Wildman–Crippen LogP) is 5.98. The fourth-order valence-electron chi connectivity index (χ4n) is 5.59. The summed E-state index contributed by atoms with van der Waals surface area (Å²) in [6.07, 6.45) is 7.79. The SMILES string of the molecule is COc1ccc(NC(=O)C2CCC(CC3CCCc4c(C)cccc4C3=O)CC2)cc1OC. The highest BCUT2D eigenvalue weighted by Crippen LogP contribution is 2.37. The Labute approximate surface area is 196 Å². The number of ether oxygens (including phenoxy) is 2. The largest absolute Gasteiger partial charge is 0.493 e. The Morgan fingerprint density at radius 1 is 1.00 bits per heavy atom. The molecule has 2 aliphatic rings. The van der Waals surface area contributed by atoms with E-state index in [-0.39, 0.29) is 17.7 Å². The van der Waals surface area contributed by atoms with Gasteiger partial charge in [0.05, 0.1) is 14.2 Å². The molecule has 176 valence electrons. The maximum atomic E-state index is 13.3. The van der Waals surface area contributed by atoms with E-state index in [2.05, 4.69) is 18.3 Å². The molecule has 0 aliphatic heterocycles. The van der Waals surface area contributed by atoms with Crippen molar-refractivity contribution in [3.05, 3.63) is 53.1 Å². The predicted molar refractivity (Wildman–Crippen MR) is 130 cm³/mol. The lowest BCUT2D eigenvalue weighted by Crippen LogP contribution is -2.28. The lowest BCUT2D eigenvalue weighted by Gasteiger charge is -2.30. The molecule has 1 saturated carbocycles. The normalized spacial score (nSPS) is 22.8. The van der Waals surface area contributed by atoms with Gasteiger partial charge in [-0.1, -0.05) is 18.2 Å². The number of fused-ring (bicyclic) bond motifs is 1. The number of nitrogens with one attached hydrogen (secondary N) is 1. The standard InChI is InChI=1S/C28H35NO4/c1-18-6-4-9-24-23(18)8-5-7-21(27(24)30)16-19-10-12-20(13-11-19)28(31)29-22-14-15-25(32-2)26(17-22)33-3/h4,6,9,14-15,17,19-21H,5,7-8,10-13,16H2,1-3H3,(H,29,31). The third kappa shape index (κ3) is 5.23. The minimum atomic E-state index is 0.0163. The number of hydrogen-bond donors (Lipinski definition) is 1. The van der Waals surface area contributed by atoms with Gasteiger partial charge in [-0.15, -0.1) is 0 Å². The topological polar surface area (TPSA) is 64.6 Å². The number of amides is 1. The quantitative estimate of drug-likeness (QED) is 0.551. The highest BCUT2D eigenvalue weighted by Gasteiger charge is 2.32. The summed E-state index contributed by atoms with van der Waals surface area (Å²) in [6, 6.07) is 11.6. The van der Waals surface area contributed by atoms with Gasteiger partial charge < -0.3 is 14.8 Å². The summed E-state index contributed by atoms with van der Waals surface area (Å²) in [6.45, 7) is 2.11. The molecule has 2 aromatic carbocycles. The summed E-state index contributed by atoms with van der Waals surface area (Å²) in [5.41, 5.74) is 4.15. The number of ketones is 1. The second-order valence-electron chi connectivity index (χ2n) is 9.57. The highest BCUT2D eigenvalue weighted by atomic mass is 16.5. The fraction of sp³-hybridized carbons (Fsp3) is 0.500. The van der Waals surface area contributed by atoms with Gasteiger partial charge in [0, 0.05) is 29.2 Å². The molecule has 0 aromatic heterocycles. The van der Waals surface area contributed by atoms with Gasteiger partial charge in [0.2, 0.25) is 5.91 Å². The molecule has 1 unspecified atom stereocenters. The van der Waals surface area contributed by atoms with E-state index in [1.54, 1.807) is 26.4 Å². The molecule has 0 heterocycles. The van der Waals surface area contributed by atoms with Gasteiger partial charge in [-0.3, -0.25) is 9.59 Å². The minimum Gasteiger partial charge on any atom is -0.493 e. The van der Waals surface area contributed by atoms with Crippen molar-refractivity contribution in [3.8, 4) is 11.5 Å². The molecule has 0 bridgehead atoms. The molecule has 1 N–H and O–H groups in total. The van der Waals surface area contributed by atoms with Crippen molar-refractivity contribution in [3.63, 3.8) is 0 Å². The number of methoxy groups -OCH3 is 2. The van der Waals surface area contributed by atoms with Gasteiger partial charge in [0.25, 0.3) is 0 Å². The number of Topliss-reactive ketones (excluding diaryl/α,β-unsaturated/α-hetero) is 1. The van der Waals surface area contributed by atoms with Gasteiger partial charge >= 0.3 is 0 Å². The lowest BCUT2D eigenvalue weighted by molar-refractivity contribution is -0.121. The zero-order valence-corrected chi connectivity index (χ0v) is 20.0. The summed E-state index contributed by atoms with van der Waals surface area (Å²) >= 11 is 0. The van der Waals surface area contributed by atoms with Gasteiger partial charge in [-0.25, -0.2) is 0 Å². The average Bonchev–Trinajstić information content (AvgIpc) is 2.99. The van der Waals surface area contributed by atoms with Crippen LogP contribution in [0.2, 0.25) is 0 Å². The fourth-order valence-corrected chi connectivity index (χ4v) is 5.59. The van der Waals surface area contributed by atoms with Crippen LogP contribution in [-0.4, -0.2) is 25.9 Å². The summed E-state index contributed by atoms with van der Waals surface area (Å²) in [5.74, 6) is 2.30. The van der Waals surface area contributed by atoms with Crippen LogP contribution >= 0.6 is 0 Å². The van der Waals surface area contributed by atoms with Crippen LogP contribution < -0.4 is 14.8 Å². The smallest absolute Gasteiger partial charge is 0.227 e. The second kappa shape index (κ2) is 10.4. The molecule has 5 nitrogen and oxygen atoms in total. The summed E-state index contributed by atoms with van der Waals surface area (Å²) < 4.78 is 10.6. The number of hydrogen-bond acceptors (Lipinski definition) is 4. The van der Waals surface area contributed by atoms with Crippen LogP contribution in [0.25, 0.3) is 0 Å². The Hall–Kier alpha value is -2.82. The first-order chi connectivity index (χ1) is 16.0. The Balaban J connectivity index is 1.32. The number of rotatable bonds is 6. The molecule has 0 radical (unpaired) electrons. The first-order valence-electron chi connectivity index (χ1n) is 12.2. The van der Waals surface area contributed by atoms with Crippen molar-refractivity contribution in [1.29, 1.82) is 0 Å². The van der Waals surface area contributed by atoms with Gasteiger partial charge in [0.15, 0.2) is 17.3 Å². The van der Waals surface area contributed by atoms with E-state index < -0.39 is 0 Å². The first-order valence-corrected chi connectivity index (χ1v) is 12.2. The van der Waals surface area contributed by atoms with Crippen molar-refractivity contribution in [2.45, 2.75) is 58.3 Å². The Morgan fingerprint density at radius 2 is 1.76 bits per heavy atom. The molecule has 4 rings (SSSR count). The number of anilines is 1. The van der Waals surface area contributed by atoms with E-state index in [1.165, 1.54) is 11.1 Å². The number of carbonyl (C=O) groups excluding carboxylic acids is 2. The molecule has 1 amide bonds. The van der Waals surface area contributed by atoms with Crippen LogP contribution in [0, 0.1) is 24.7 Å². The van der Waals surface area contributed by atoms with E-state index in [0.717, 1.165) is 62.6 Å². The van der Waals surface area contributed by atoms with Crippen molar-refractivity contribution in [2.75, 3.05) is 19.5 Å². The van der Waals surface area contributed by atoms with Crippen LogP contribution in [0.15, 0.2) is 36.4 Å². The second-order valence-corrected chi connectivity index (χ2v) is 9.57. The van der Waals surface area contributed by atoms with Gasteiger partial charge in [0.1, 0.15) is 0 Å². The summed E-state index contributed by atoms with van der Waals surface area (Å²) in [7, 11) is 3.18. The zero-order valence-electron chi connectivity index (χ0n) is 20.0. The van der Waals surface area contributed by atoms with Crippen molar-refractivity contribution in [1.82, 2.24) is 0 Å². The monoisotopic (exact) mass is 449 g/mol. The van der Waals surface area contributed by atoms with E-state index in [4.69, 9.17) is 9.47 Å². The summed E-state index contributed by atoms with van der Waals surface area (Å²) in [5, 5.41) is 3.04. The van der Waals surface area contributed by atoms with Crippen molar-refractivity contribution >= 4 is 17.4 Å². The van der Waals surface area contributed by atoms with Crippen LogP contribution in [-0.2, 0) is 11.2 Å². The van der Waals surface area contributed by atoms with Gasteiger partial charge in [-0.05, 0) is 87.5 Å². The van der Waals surface area contributed by atoms with Crippen LogP contribution in [0.1, 0.15) is 66.4 Å². The molecule has 0 saturated heterocycles. The molecule has 0 spiro atoms. The average molecular weight is 450 g/mol. The van der Waals surface area contributed by atoms with Gasteiger partial charge in [-0.2, -0.15) is 0 Å². The lowest BCUT2D eigenvalue weighted by atomic mass is 9.76. The number of benzene rings is 2. The molecular weight excluding hydrogens is 414 g/mol. The van der Waals surface area contributed by atoms with E-state index in [9.17, 15) is 9.59 Å². The third-order valence-corrected chi connectivity index (χ3v) is 7.51. The van der Waals surface area contributed by atoms with Crippen LogP contribution in [0.4, 0.5) is 5.69 Å². The van der Waals surface area contributed by atoms with E-state index in [1.807, 2.05) is 18.2 Å². The van der Waals surface area contributed by atoms with E-state index >= 15 is 0 Å². The number of aryl methyl sites for hydroxylation is 1. The maximum absolute atomic E-state index is 13.3. The minimum absolute atomic E-state index is 0.0163. The van der Waals surface area contributed by atoms with Crippen molar-refractivity contribution in [2.24, 2.45) is 17.8 Å². The molecule has 33 heavy (non-hydrogen) atoms. The highest BCUT2D eigenvalue weighted by molar-refractivity contribution is 5.99. The zero-order chi connectivity index (χ0) is 23.4. The Bertz CT molecular complexity index is 1010.